The first-order chi connectivity index (χ1) is 12.0. The summed E-state index contributed by atoms with van der Waals surface area (Å²) >= 11 is 2.77. The molecule has 25 heavy (non-hydrogen) atoms. The third-order valence-corrected chi connectivity index (χ3v) is 5.22. The predicted octanol–water partition coefficient (Wildman–Crippen LogP) is 1.67. The molecule has 0 saturated carbocycles. The van der Waals surface area contributed by atoms with Crippen molar-refractivity contribution in [2.24, 2.45) is 11.5 Å². The van der Waals surface area contributed by atoms with Crippen LogP contribution in [0.15, 0.2) is 17.6 Å². The molecule has 0 fully saturated rings. The zero-order valence-electron chi connectivity index (χ0n) is 13.1. The van der Waals surface area contributed by atoms with Crippen LogP contribution in [0.5, 0.6) is 0 Å². The van der Waals surface area contributed by atoms with Crippen molar-refractivity contribution in [3.05, 3.63) is 23.3 Å². The van der Waals surface area contributed by atoms with E-state index < -0.39 is 17.9 Å². The van der Waals surface area contributed by atoms with Crippen molar-refractivity contribution in [1.29, 1.82) is 0 Å². The first kappa shape index (κ1) is 17.0. The number of thiophene rings is 1. The zero-order valence-corrected chi connectivity index (χ0v) is 14.8. The normalized spacial score (nSPS) is 12.0. The minimum atomic E-state index is -0.713. The highest BCUT2D eigenvalue weighted by atomic mass is 32.1. The summed E-state index contributed by atoms with van der Waals surface area (Å²) in [5.41, 5.74) is 11.6. The molecule has 11 heteroatoms. The summed E-state index contributed by atoms with van der Waals surface area (Å²) in [6.07, 6.45) is 1.83. The van der Waals surface area contributed by atoms with Crippen LogP contribution in [0.1, 0.15) is 23.8 Å². The summed E-state index contributed by atoms with van der Waals surface area (Å²) < 4.78 is 5.25. The summed E-state index contributed by atoms with van der Waals surface area (Å²) in [5, 5.41) is 8.62. The molecule has 0 bridgehead atoms. The molecular formula is C14H15N7O2S2. The van der Waals surface area contributed by atoms with E-state index in [9.17, 15) is 9.59 Å². The summed E-state index contributed by atoms with van der Waals surface area (Å²) in [7, 11) is 0. The van der Waals surface area contributed by atoms with Crippen molar-refractivity contribution in [2.75, 3.05) is 10.6 Å². The van der Waals surface area contributed by atoms with Gasteiger partial charge in [0, 0.05) is 0 Å². The number of aromatic nitrogens is 3. The predicted molar refractivity (Wildman–Crippen MR) is 98.2 cm³/mol. The fourth-order valence-electron chi connectivity index (χ4n) is 2.15. The number of rotatable bonds is 7. The molecule has 0 aliphatic heterocycles. The van der Waals surface area contributed by atoms with Crippen molar-refractivity contribution in [2.45, 2.75) is 19.4 Å². The average molecular weight is 377 g/mol. The number of nitrogens with two attached hydrogens (primary N) is 2. The van der Waals surface area contributed by atoms with Crippen LogP contribution in [0.25, 0.3) is 10.2 Å². The summed E-state index contributed by atoms with van der Waals surface area (Å²) in [6.45, 7) is 1.82. The molecule has 0 aromatic carbocycles. The third kappa shape index (κ3) is 3.51. The number of nitrogens with zero attached hydrogens (tertiary/aromatic N) is 3. The fraction of sp³-hybridized carbons (Fsp3) is 0.214. The van der Waals surface area contributed by atoms with Crippen LogP contribution < -0.4 is 22.1 Å². The fourth-order valence-corrected chi connectivity index (χ4v) is 3.86. The molecule has 3 aromatic heterocycles. The number of hydrogen-bond donors (Lipinski definition) is 4. The highest BCUT2D eigenvalue weighted by Crippen LogP contribution is 2.34. The molecule has 3 heterocycles. The summed E-state index contributed by atoms with van der Waals surface area (Å²) in [4.78, 5) is 31.4. The second kappa shape index (κ2) is 6.99. The van der Waals surface area contributed by atoms with E-state index in [2.05, 4.69) is 25.0 Å². The van der Waals surface area contributed by atoms with Crippen LogP contribution in [-0.4, -0.2) is 32.2 Å². The maximum atomic E-state index is 11.6. The van der Waals surface area contributed by atoms with Crippen molar-refractivity contribution in [3.8, 4) is 0 Å². The first-order valence-corrected chi connectivity index (χ1v) is 8.97. The first-order valence-electron chi connectivity index (χ1n) is 7.32. The number of anilines is 3. The Morgan fingerprint density at radius 2 is 2.16 bits per heavy atom. The van der Waals surface area contributed by atoms with E-state index in [0.29, 0.717) is 12.2 Å². The minimum absolute atomic E-state index is 0.00391. The third-order valence-electron chi connectivity index (χ3n) is 3.40. The Kier molecular flexibility index (Phi) is 4.76. The molecule has 130 valence electrons. The molecule has 0 aliphatic carbocycles. The van der Waals surface area contributed by atoms with Gasteiger partial charge in [0.1, 0.15) is 16.9 Å². The van der Waals surface area contributed by atoms with Crippen LogP contribution in [0, 0.1) is 0 Å². The molecule has 1 unspecified atom stereocenters. The van der Waals surface area contributed by atoms with Gasteiger partial charge in [-0.15, -0.1) is 11.3 Å². The average Bonchev–Trinajstić information content (AvgIpc) is 3.17. The highest BCUT2D eigenvalue weighted by Gasteiger charge is 2.18. The van der Waals surface area contributed by atoms with Crippen molar-refractivity contribution >= 4 is 61.5 Å². The number of amides is 2. The number of nitrogens with one attached hydrogen (secondary N) is 2. The van der Waals surface area contributed by atoms with Gasteiger partial charge in [0.2, 0.25) is 5.91 Å². The Labute approximate surface area is 150 Å². The van der Waals surface area contributed by atoms with Gasteiger partial charge in [0.05, 0.1) is 16.4 Å². The Hall–Kier alpha value is -2.79. The van der Waals surface area contributed by atoms with E-state index in [1.54, 1.807) is 0 Å². The number of hydrogen-bond acceptors (Lipinski definition) is 9. The van der Waals surface area contributed by atoms with Crippen LogP contribution in [0.4, 0.5) is 16.6 Å². The van der Waals surface area contributed by atoms with Crippen molar-refractivity contribution in [3.63, 3.8) is 0 Å². The summed E-state index contributed by atoms with van der Waals surface area (Å²) in [5.74, 6) is -0.711. The van der Waals surface area contributed by atoms with Crippen molar-refractivity contribution < 1.29 is 9.59 Å². The van der Waals surface area contributed by atoms with Crippen molar-refractivity contribution in [1.82, 2.24) is 14.3 Å². The van der Waals surface area contributed by atoms with Gasteiger partial charge in [-0.1, -0.05) is 6.92 Å². The van der Waals surface area contributed by atoms with Gasteiger partial charge in [-0.2, -0.15) is 4.37 Å². The largest absolute Gasteiger partial charge is 0.368 e. The second-order valence-electron chi connectivity index (χ2n) is 5.10. The molecule has 0 saturated heterocycles. The Morgan fingerprint density at radius 3 is 2.84 bits per heavy atom. The quantitative estimate of drug-likeness (QED) is 0.489. The number of primary amides is 2. The van der Waals surface area contributed by atoms with E-state index in [1.807, 2.05) is 18.4 Å². The van der Waals surface area contributed by atoms with Crippen LogP contribution >= 0.6 is 22.9 Å². The lowest BCUT2D eigenvalue weighted by molar-refractivity contribution is -0.118. The topological polar surface area (TPSA) is 149 Å². The van der Waals surface area contributed by atoms with E-state index >= 15 is 0 Å². The molecule has 0 radical (unpaired) electrons. The van der Waals surface area contributed by atoms with Gasteiger partial charge in [-0.05, 0) is 29.4 Å². The maximum Gasteiger partial charge on any atom is 0.271 e. The number of carbonyl (C=O) groups is 2. The molecule has 1 atom stereocenters. The Bertz CT molecular complexity index is 936. The molecular weight excluding hydrogens is 362 g/mol. The SMILES string of the molecule is CCC(Nc1cnc(C(N)=O)c(Nc2snc3ccsc23)n1)C(N)=O. The monoisotopic (exact) mass is 377 g/mol. The molecule has 6 N–H and O–H groups in total. The smallest absolute Gasteiger partial charge is 0.271 e. The standard InChI is InChI=1S/C14H15N7O2S2/c1-2-6(11(15)22)18-8-5-17-9(12(16)23)13(19-8)20-14-10-7(21-25-14)3-4-24-10/h3-6H,2H2,1H3,(H2,15,22)(H2,16,23)(H2,18,19,20). The molecule has 0 spiro atoms. The van der Waals surface area contributed by atoms with Crippen LogP contribution in [0.2, 0.25) is 0 Å². The van der Waals surface area contributed by atoms with Gasteiger partial charge in [0.25, 0.3) is 5.91 Å². The lowest BCUT2D eigenvalue weighted by atomic mass is 10.2. The molecule has 0 aliphatic rings. The van der Waals surface area contributed by atoms with E-state index in [-0.39, 0.29) is 11.5 Å². The summed E-state index contributed by atoms with van der Waals surface area (Å²) in [6, 6.07) is 1.31. The van der Waals surface area contributed by atoms with Gasteiger partial charge in [0.15, 0.2) is 11.5 Å². The van der Waals surface area contributed by atoms with Gasteiger partial charge in [-0.25, -0.2) is 9.97 Å². The molecule has 3 aromatic rings. The van der Waals surface area contributed by atoms with Gasteiger partial charge in [-0.3, -0.25) is 9.59 Å². The molecule has 2 amide bonds. The maximum absolute atomic E-state index is 11.6. The van der Waals surface area contributed by atoms with Gasteiger partial charge < -0.3 is 22.1 Å². The number of fused-ring (bicyclic) bond motifs is 1. The van der Waals surface area contributed by atoms with Gasteiger partial charge >= 0.3 is 0 Å². The Balaban J connectivity index is 1.95. The highest BCUT2D eigenvalue weighted by molar-refractivity contribution is 7.23. The lowest BCUT2D eigenvalue weighted by Crippen LogP contribution is -2.35. The Morgan fingerprint density at radius 1 is 1.36 bits per heavy atom. The minimum Gasteiger partial charge on any atom is -0.368 e. The lowest BCUT2D eigenvalue weighted by Gasteiger charge is -2.15. The van der Waals surface area contributed by atoms with Crippen LogP contribution in [0.3, 0.4) is 0 Å². The van der Waals surface area contributed by atoms with Crippen LogP contribution in [-0.2, 0) is 4.79 Å². The molecule has 3 rings (SSSR count). The second-order valence-corrected chi connectivity index (χ2v) is 6.79. The molecule has 9 nitrogen and oxygen atoms in total. The zero-order chi connectivity index (χ0) is 18.0. The van der Waals surface area contributed by atoms with E-state index in [0.717, 1.165) is 15.2 Å². The van der Waals surface area contributed by atoms with E-state index in [4.69, 9.17) is 11.5 Å². The number of carbonyl (C=O) groups excluding carboxylic acids is 2. The van der Waals surface area contributed by atoms with E-state index in [1.165, 1.54) is 29.1 Å².